The summed E-state index contributed by atoms with van der Waals surface area (Å²) in [6.07, 6.45) is 0. The van der Waals surface area contributed by atoms with Gasteiger partial charge in [0.1, 0.15) is 11.6 Å². The van der Waals surface area contributed by atoms with Crippen LogP contribution >= 0.6 is 15.9 Å². The predicted octanol–water partition coefficient (Wildman–Crippen LogP) is 3.52. The number of benzene rings is 2. The number of methoxy groups -OCH3 is 1. The van der Waals surface area contributed by atoms with E-state index >= 15 is 0 Å². The number of ether oxygens (including phenoxy) is 1. The lowest BCUT2D eigenvalue weighted by atomic mass is 10.2. The summed E-state index contributed by atoms with van der Waals surface area (Å²) >= 11 is 3.33. The van der Waals surface area contributed by atoms with Gasteiger partial charge in [-0.1, -0.05) is 15.9 Å². The second kappa shape index (κ2) is 4.79. The molecule has 3 aromatic rings. The van der Waals surface area contributed by atoms with Crippen molar-refractivity contribution in [2.45, 2.75) is 0 Å². The predicted molar refractivity (Wildman–Crippen MR) is 79.7 cm³/mol. The van der Waals surface area contributed by atoms with Crippen LogP contribution < -0.4 is 10.5 Å². The van der Waals surface area contributed by atoms with E-state index in [2.05, 4.69) is 20.9 Å². The minimum atomic E-state index is -0.373. The smallest absolute Gasteiger partial charge is 0.206 e. The summed E-state index contributed by atoms with van der Waals surface area (Å²) in [5, 5.41) is 0. The van der Waals surface area contributed by atoms with Crippen LogP contribution in [0.2, 0.25) is 0 Å². The van der Waals surface area contributed by atoms with E-state index < -0.39 is 0 Å². The molecule has 0 saturated carbocycles. The van der Waals surface area contributed by atoms with Gasteiger partial charge in [-0.2, -0.15) is 0 Å². The highest BCUT2D eigenvalue weighted by Crippen LogP contribution is 2.29. The average Bonchev–Trinajstić information content (AvgIpc) is 2.76. The van der Waals surface area contributed by atoms with E-state index in [0.717, 1.165) is 4.47 Å². The Labute approximate surface area is 123 Å². The zero-order valence-electron chi connectivity index (χ0n) is 10.6. The largest absolute Gasteiger partial charge is 0.497 e. The second-order valence-corrected chi connectivity index (χ2v) is 5.17. The number of imidazole rings is 1. The molecule has 2 aromatic carbocycles. The van der Waals surface area contributed by atoms with Crippen LogP contribution in [0.25, 0.3) is 16.7 Å². The molecule has 2 N–H and O–H groups in total. The van der Waals surface area contributed by atoms with E-state index in [1.807, 2.05) is 0 Å². The van der Waals surface area contributed by atoms with Crippen molar-refractivity contribution in [3.05, 3.63) is 46.7 Å². The highest BCUT2D eigenvalue weighted by atomic mass is 79.9. The first-order valence-corrected chi connectivity index (χ1v) is 6.67. The van der Waals surface area contributed by atoms with E-state index in [0.29, 0.717) is 22.5 Å². The van der Waals surface area contributed by atoms with E-state index in [4.69, 9.17) is 10.5 Å². The number of hydrogen-bond acceptors (Lipinski definition) is 3. The van der Waals surface area contributed by atoms with Gasteiger partial charge in [0.25, 0.3) is 0 Å². The third-order valence-electron chi connectivity index (χ3n) is 3.04. The van der Waals surface area contributed by atoms with Crippen LogP contribution in [0.5, 0.6) is 5.75 Å². The topological polar surface area (TPSA) is 53.1 Å². The summed E-state index contributed by atoms with van der Waals surface area (Å²) in [5.41, 5.74) is 7.64. The van der Waals surface area contributed by atoms with Crippen LogP contribution in [-0.2, 0) is 0 Å². The molecule has 3 rings (SSSR count). The van der Waals surface area contributed by atoms with Crippen molar-refractivity contribution in [2.24, 2.45) is 0 Å². The maximum atomic E-state index is 14.1. The minimum Gasteiger partial charge on any atom is -0.497 e. The van der Waals surface area contributed by atoms with Gasteiger partial charge in [0.2, 0.25) is 5.95 Å². The van der Waals surface area contributed by atoms with Crippen molar-refractivity contribution in [3.63, 3.8) is 0 Å². The number of nitrogens with two attached hydrogens (primary N) is 1. The van der Waals surface area contributed by atoms with Crippen LogP contribution in [0, 0.1) is 5.82 Å². The molecule has 0 unspecified atom stereocenters. The Bertz CT molecular complexity index is 800. The maximum Gasteiger partial charge on any atom is 0.206 e. The van der Waals surface area contributed by atoms with E-state index in [1.165, 1.54) is 6.07 Å². The van der Waals surface area contributed by atoms with Gasteiger partial charge in [-0.3, -0.25) is 4.57 Å². The summed E-state index contributed by atoms with van der Waals surface area (Å²) in [6.45, 7) is 0. The van der Waals surface area contributed by atoms with Gasteiger partial charge in [-0.15, -0.1) is 0 Å². The van der Waals surface area contributed by atoms with Crippen LogP contribution in [0.3, 0.4) is 0 Å². The molecule has 0 spiro atoms. The average molecular weight is 336 g/mol. The van der Waals surface area contributed by atoms with Crippen molar-refractivity contribution < 1.29 is 9.13 Å². The molecule has 1 heterocycles. The van der Waals surface area contributed by atoms with Crippen LogP contribution in [0.4, 0.5) is 10.3 Å². The fraction of sp³-hybridized carbons (Fsp3) is 0.0714. The molecule has 0 amide bonds. The van der Waals surface area contributed by atoms with Crippen molar-refractivity contribution in [1.82, 2.24) is 9.55 Å². The van der Waals surface area contributed by atoms with Gasteiger partial charge in [0, 0.05) is 10.5 Å². The zero-order valence-corrected chi connectivity index (χ0v) is 12.2. The summed E-state index contributed by atoms with van der Waals surface area (Å²) < 4.78 is 21.6. The van der Waals surface area contributed by atoms with Gasteiger partial charge in [-0.05, 0) is 30.3 Å². The standard InChI is InChI=1S/C14H11BrFN3O/c1-20-9-3-5-11-13(7-9)19(14(17)18-11)12-6-8(15)2-4-10(12)16/h2-7H,1H3,(H2,17,18). The Balaban J connectivity index is 2.34. The number of aromatic nitrogens is 2. The molecule has 4 nitrogen and oxygen atoms in total. The van der Waals surface area contributed by atoms with E-state index in [-0.39, 0.29) is 11.8 Å². The number of nitrogens with zero attached hydrogens (tertiary/aromatic N) is 2. The lowest BCUT2D eigenvalue weighted by Crippen LogP contribution is -2.03. The first kappa shape index (κ1) is 12.9. The molecule has 20 heavy (non-hydrogen) atoms. The van der Waals surface area contributed by atoms with Crippen molar-refractivity contribution in [1.29, 1.82) is 0 Å². The van der Waals surface area contributed by atoms with Gasteiger partial charge < -0.3 is 10.5 Å². The Hall–Kier alpha value is -2.08. The van der Waals surface area contributed by atoms with E-state index in [9.17, 15) is 4.39 Å². The fourth-order valence-corrected chi connectivity index (χ4v) is 2.46. The fourth-order valence-electron chi connectivity index (χ4n) is 2.11. The zero-order chi connectivity index (χ0) is 14.3. The molecule has 102 valence electrons. The highest BCUT2D eigenvalue weighted by Gasteiger charge is 2.14. The van der Waals surface area contributed by atoms with Crippen LogP contribution in [-0.4, -0.2) is 16.7 Å². The number of anilines is 1. The summed E-state index contributed by atoms with van der Waals surface area (Å²) in [4.78, 5) is 4.24. The number of nitrogen functional groups attached to an aromatic ring is 1. The van der Waals surface area contributed by atoms with Crippen molar-refractivity contribution >= 4 is 32.9 Å². The number of halogens is 2. The molecule has 0 fully saturated rings. The van der Waals surface area contributed by atoms with E-state index in [1.54, 1.807) is 42.0 Å². The number of fused-ring (bicyclic) bond motifs is 1. The lowest BCUT2D eigenvalue weighted by molar-refractivity contribution is 0.415. The minimum absolute atomic E-state index is 0.227. The maximum absolute atomic E-state index is 14.1. The van der Waals surface area contributed by atoms with Crippen LogP contribution in [0.15, 0.2) is 40.9 Å². The Morgan fingerprint density at radius 1 is 1.25 bits per heavy atom. The molecule has 0 atom stereocenters. The Morgan fingerprint density at radius 2 is 2.05 bits per heavy atom. The second-order valence-electron chi connectivity index (χ2n) is 4.26. The van der Waals surface area contributed by atoms with Crippen LogP contribution in [0.1, 0.15) is 0 Å². The highest BCUT2D eigenvalue weighted by molar-refractivity contribution is 9.10. The summed E-state index contributed by atoms with van der Waals surface area (Å²) in [6, 6.07) is 10.0. The monoisotopic (exact) mass is 335 g/mol. The summed E-state index contributed by atoms with van der Waals surface area (Å²) in [7, 11) is 1.57. The third-order valence-corrected chi connectivity index (χ3v) is 3.53. The molecule has 0 radical (unpaired) electrons. The van der Waals surface area contributed by atoms with Crippen molar-refractivity contribution in [2.75, 3.05) is 12.8 Å². The van der Waals surface area contributed by atoms with Gasteiger partial charge in [0.05, 0.1) is 23.8 Å². The molecular weight excluding hydrogens is 325 g/mol. The molecule has 1 aromatic heterocycles. The number of hydrogen-bond donors (Lipinski definition) is 1. The molecule has 0 saturated heterocycles. The molecule has 0 bridgehead atoms. The molecule has 0 aliphatic rings. The molecule has 0 aliphatic carbocycles. The quantitative estimate of drug-likeness (QED) is 0.779. The lowest BCUT2D eigenvalue weighted by Gasteiger charge is -2.09. The first-order chi connectivity index (χ1) is 9.60. The SMILES string of the molecule is COc1ccc2nc(N)n(-c3cc(Br)ccc3F)c2c1. The summed E-state index contributed by atoms with van der Waals surface area (Å²) in [5.74, 6) is 0.515. The molecule has 0 aliphatic heterocycles. The molecular formula is C14H11BrFN3O. The third kappa shape index (κ3) is 2.02. The Kier molecular flexibility index (Phi) is 3.10. The number of rotatable bonds is 2. The van der Waals surface area contributed by atoms with Gasteiger partial charge in [-0.25, -0.2) is 9.37 Å². The normalized spacial score (nSPS) is 10.9. The first-order valence-electron chi connectivity index (χ1n) is 5.87. The molecule has 6 heteroatoms. The van der Waals surface area contributed by atoms with Gasteiger partial charge >= 0.3 is 0 Å². The van der Waals surface area contributed by atoms with Gasteiger partial charge in [0.15, 0.2) is 0 Å². The Morgan fingerprint density at radius 3 is 2.80 bits per heavy atom. The van der Waals surface area contributed by atoms with Crippen molar-refractivity contribution in [3.8, 4) is 11.4 Å².